The second kappa shape index (κ2) is 8.48. The predicted octanol–water partition coefficient (Wildman–Crippen LogP) is 0.369. The summed E-state index contributed by atoms with van der Waals surface area (Å²) in [5, 5.41) is 7.04. The van der Waals surface area contributed by atoms with Crippen LogP contribution in [0, 0.1) is 19.8 Å². The van der Waals surface area contributed by atoms with Crippen molar-refractivity contribution in [2.45, 2.75) is 57.0 Å². The van der Waals surface area contributed by atoms with Crippen LogP contribution < -0.4 is 15.8 Å². The molecule has 144 valence electrons. The number of aromatic nitrogens is 2. The van der Waals surface area contributed by atoms with E-state index in [4.69, 9.17) is 5.73 Å². The maximum Gasteiger partial charge on any atom is 0.244 e. The third-order valence-corrected chi connectivity index (χ3v) is 6.52. The van der Waals surface area contributed by atoms with E-state index in [9.17, 15) is 13.2 Å². The molecule has 0 aromatic carbocycles. The number of hydrogen-bond donors (Lipinski definition) is 3. The number of sulfonamides is 1. The van der Waals surface area contributed by atoms with Crippen molar-refractivity contribution in [3.63, 3.8) is 0 Å². The first-order chi connectivity index (χ1) is 11.2. The summed E-state index contributed by atoms with van der Waals surface area (Å²) in [6.07, 6.45) is 2.91. The number of carbonyl (C=O) groups excluding carboxylic acids is 1. The van der Waals surface area contributed by atoms with Gasteiger partial charge in [-0.1, -0.05) is 6.42 Å². The molecule has 0 saturated heterocycles. The summed E-state index contributed by atoms with van der Waals surface area (Å²) < 4.78 is 29.2. The van der Waals surface area contributed by atoms with Crippen molar-refractivity contribution in [2.24, 2.45) is 18.7 Å². The topological polar surface area (TPSA) is 119 Å². The molecule has 8 nitrogen and oxygen atoms in total. The van der Waals surface area contributed by atoms with Gasteiger partial charge in [0, 0.05) is 13.1 Å². The van der Waals surface area contributed by atoms with Crippen molar-refractivity contribution in [2.75, 3.05) is 6.54 Å². The normalized spacial score (nSPS) is 21.6. The number of nitrogens with zero attached hydrogens (tertiary/aromatic N) is 2. The van der Waals surface area contributed by atoms with Crippen molar-refractivity contribution in [1.29, 1.82) is 0 Å². The van der Waals surface area contributed by atoms with Gasteiger partial charge in [0.05, 0.1) is 17.4 Å². The summed E-state index contributed by atoms with van der Waals surface area (Å²) in [5.74, 6) is -0.0660. The zero-order valence-corrected chi connectivity index (χ0v) is 16.7. The standard InChI is InChI=1S/C15H27N5O3S.ClH/c1-9-14(11(3)20(4)18-9)24(22,23)19-10(2)15(21)17-13-7-5-6-12(13)8-16;/h10,12-13,19H,5-8,16H2,1-4H3,(H,17,21);1H. The number of carbonyl (C=O) groups is 1. The quantitative estimate of drug-likeness (QED) is 0.645. The molecule has 1 heterocycles. The lowest BCUT2D eigenvalue weighted by Gasteiger charge is -2.22. The molecule has 1 amide bonds. The summed E-state index contributed by atoms with van der Waals surface area (Å²) in [6, 6.07) is -0.843. The van der Waals surface area contributed by atoms with Gasteiger partial charge in [0.25, 0.3) is 0 Å². The Morgan fingerprint density at radius 3 is 2.56 bits per heavy atom. The van der Waals surface area contributed by atoms with Crippen molar-refractivity contribution in [3.8, 4) is 0 Å². The van der Waals surface area contributed by atoms with Crippen molar-refractivity contribution in [1.82, 2.24) is 19.8 Å². The van der Waals surface area contributed by atoms with Gasteiger partial charge in [0.2, 0.25) is 15.9 Å². The molecule has 0 aliphatic heterocycles. The Kier molecular flexibility index (Phi) is 7.42. The van der Waals surface area contributed by atoms with Crippen LogP contribution in [0.1, 0.15) is 37.6 Å². The minimum atomic E-state index is -3.82. The van der Waals surface area contributed by atoms with E-state index < -0.39 is 16.1 Å². The highest BCUT2D eigenvalue weighted by atomic mass is 35.5. The van der Waals surface area contributed by atoms with Gasteiger partial charge in [0.1, 0.15) is 4.90 Å². The van der Waals surface area contributed by atoms with E-state index in [1.165, 1.54) is 4.68 Å². The Hall–Kier alpha value is -1.16. The second-order valence-corrected chi connectivity index (χ2v) is 8.16. The van der Waals surface area contributed by atoms with Crippen LogP contribution in [0.5, 0.6) is 0 Å². The van der Waals surface area contributed by atoms with Gasteiger partial charge in [-0.15, -0.1) is 12.4 Å². The number of aryl methyl sites for hydroxylation is 2. The fourth-order valence-electron chi connectivity index (χ4n) is 3.30. The lowest BCUT2D eigenvalue weighted by Crippen LogP contribution is -2.49. The average Bonchev–Trinajstić information content (AvgIpc) is 3.03. The number of nitrogens with two attached hydrogens (primary N) is 1. The largest absolute Gasteiger partial charge is 0.352 e. The van der Waals surface area contributed by atoms with Gasteiger partial charge in [-0.3, -0.25) is 9.48 Å². The molecule has 0 spiro atoms. The van der Waals surface area contributed by atoms with Crippen LogP contribution in [0.3, 0.4) is 0 Å². The van der Waals surface area contributed by atoms with Crippen LogP contribution in [0.2, 0.25) is 0 Å². The van der Waals surface area contributed by atoms with Crippen LogP contribution in [-0.4, -0.2) is 42.7 Å². The van der Waals surface area contributed by atoms with Gasteiger partial charge in [0.15, 0.2) is 0 Å². The Bertz CT molecular complexity index is 719. The molecule has 3 unspecified atom stereocenters. The van der Waals surface area contributed by atoms with Crippen LogP contribution >= 0.6 is 12.4 Å². The van der Waals surface area contributed by atoms with E-state index in [0.717, 1.165) is 19.3 Å². The van der Waals surface area contributed by atoms with E-state index in [0.29, 0.717) is 17.9 Å². The van der Waals surface area contributed by atoms with Gasteiger partial charge in [-0.2, -0.15) is 9.82 Å². The first-order valence-corrected chi connectivity index (χ1v) is 9.68. The van der Waals surface area contributed by atoms with E-state index in [1.807, 2.05) is 0 Å². The van der Waals surface area contributed by atoms with Crippen LogP contribution in [0.4, 0.5) is 0 Å². The molecule has 3 atom stereocenters. The van der Waals surface area contributed by atoms with Crippen molar-refractivity contribution in [3.05, 3.63) is 11.4 Å². The fraction of sp³-hybridized carbons (Fsp3) is 0.733. The first-order valence-electron chi connectivity index (χ1n) is 8.20. The second-order valence-electron chi connectivity index (χ2n) is 6.51. The van der Waals surface area contributed by atoms with E-state index >= 15 is 0 Å². The molecule has 2 rings (SSSR count). The third-order valence-electron chi connectivity index (χ3n) is 4.73. The van der Waals surface area contributed by atoms with Crippen molar-refractivity contribution < 1.29 is 13.2 Å². The van der Waals surface area contributed by atoms with Gasteiger partial charge in [-0.25, -0.2) is 8.42 Å². The Morgan fingerprint density at radius 1 is 1.40 bits per heavy atom. The molecule has 0 bridgehead atoms. The number of rotatable bonds is 6. The van der Waals surface area contributed by atoms with Crippen LogP contribution in [-0.2, 0) is 21.9 Å². The lowest BCUT2D eigenvalue weighted by atomic mass is 10.0. The molecule has 1 saturated carbocycles. The third kappa shape index (κ3) is 4.72. The van der Waals surface area contributed by atoms with Gasteiger partial charge >= 0.3 is 0 Å². The minimum absolute atomic E-state index is 0. The monoisotopic (exact) mass is 393 g/mol. The van der Waals surface area contributed by atoms with Crippen molar-refractivity contribution >= 4 is 28.3 Å². The average molecular weight is 394 g/mol. The first kappa shape index (κ1) is 21.9. The van der Waals surface area contributed by atoms with Crippen LogP contribution in [0.25, 0.3) is 0 Å². The van der Waals surface area contributed by atoms with E-state index in [-0.39, 0.29) is 35.2 Å². The Balaban J connectivity index is 0.00000312. The molecule has 1 aliphatic carbocycles. The summed E-state index contributed by atoms with van der Waals surface area (Å²) in [6.45, 7) is 5.39. The highest BCUT2D eigenvalue weighted by Gasteiger charge is 2.31. The zero-order chi connectivity index (χ0) is 18.1. The minimum Gasteiger partial charge on any atom is -0.352 e. The molecule has 1 aromatic heterocycles. The smallest absolute Gasteiger partial charge is 0.244 e. The van der Waals surface area contributed by atoms with E-state index in [2.05, 4.69) is 15.1 Å². The van der Waals surface area contributed by atoms with Crippen LogP contribution in [0.15, 0.2) is 4.90 Å². The highest BCUT2D eigenvalue weighted by Crippen LogP contribution is 2.24. The molecule has 25 heavy (non-hydrogen) atoms. The Morgan fingerprint density at radius 2 is 2.04 bits per heavy atom. The number of amides is 1. The number of hydrogen-bond acceptors (Lipinski definition) is 5. The number of nitrogens with one attached hydrogen (secondary N) is 2. The Labute approximate surface area is 155 Å². The van der Waals surface area contributed by atoms with E-state index in [1.54, 1.807) is 27.8 Å². The molecule has 0 radical (unpaired) electrons. The highest BCUT2D eigenvalue weighted by molar-refractivity contribution is 7.89. The fourth-order valence-corrected chi connectivity index (χ4v) is 4.95. The summed E-state index contributed by atoms with van der Waals surface area (Å²) in [4.78, 5) is 12.5. The summed E-state index contributed by atoms with van der Waals surface area (Å²) in [5.41, 5.74) is 6.66. The summed E-state index contributed by atoms with van der Waals surface area (Å²) >= 11 is 0. The maximum absolute atomic E-state index is 12.6. The molecular weight excluding hydrogens is 366 g/mol. The van der Waals surface area contributed by atoms with Gasteiger partial charge < -0.3 is 11.1 Å². The molecule has 10 heteroatoms. The predicted molar refractivity (Wildman–Crippen MR) is 98.0 cm³/mol. The molecule has 1 fully saturated rings. The molecule has 4 N–H and O–H groups in total. The lowest BCUT2D eigenvalue weighted by molar-refractivity contribution is -0.123. The number of halogens is 1. The maximum atomic E-state index is 12.6. The zero-order valence-electron chi connectivity index (χ0n) is 15.1. The summed E-state index contributed by atoms with van der Waals surface area (Å²) in [7, 11) is -2.13. The van der Waals surface area contributed by atoms with Gasteiger partial charge in [-0.05, 0) is 46.1 Å². The molecular formula is C15H28ClN5O3S. The molecule has 1 aromatic rings. The SMILES string of the molecule is Cc1nn(C)c(C)c1S(=O)(=O)NC(C)C(=O)NC1CCCC1CN.Cl. The molecule has 1 aliphatic rings.